The number of nitrogens with zero attached hydrogens (tertiary/aromatic N) is 2. The number of aryl methyl sites for hydroxylation is 1. The van der Waals surface area contributed by atoms with Crippen molar-refractivity contribution in [2.75, 3.05) is 11.4 Å². The molecule has 3 N–H and O–H groups in total. The third-order valence-corrected chi connectivity index (χ3v) is 4.85. The predicted molar refractivity (Wildman–Crippen MR) is 99.4 cm³/mol. The molecule has 9 heteroatoms. The van der Waals surface area contributed by atoms with E-state index in [0.717, 1.165) is 6.07 Å². The molecule has 0 saturated carbocycles. The molecule has 1 fully saturated rings. The smallest absolute Gasteiger partial charge is 0.267 e. The number of carbonyl (C=O) groups is 3. The van der Waals surface area contributed by atoms with Crippen molar-refractivity contribution in [2.24, 2.45) is 5.73 Å². The summed E-state index contributed by atoms with van der Waals surface area (Å²) in [7, 11) is 0. The largest absolute Gasteiger partial charge is 0.373 e. The molecule has 2 aromatic rings. The van der Waals surface area contributed by atoms with Crippen LogP contribution in [-0.2, 0) is 16.0 Å². The molecule has 0 radical (unpaired) electrons. The molecule has 1 aliphatic rings. The summed E-state index contributed by atoms with van der Waals surface area (Å²) in [4.78, 5) is 41.4. The van der Waals surface area contributed by atoms with Gasteiger partial charge in [0.2, 0.25) is 5.60 Å². The van der Waals surface area contributed by atoms with Gasteiger partial charge in [0.15, 0.2) is 5.78 Å². The summed E-state index contributed by atoms with van der Waals surface area (Å²) in [5.41, 5.74) is 3.85. The number of nitrogens with two attached hydrogens (primary N) is 1. The number of Topliss-reactive ketones (excluding diaryl/α,β-unsaturated/α-hetero) is 1. The number of rotatable bonds is 6. The van der Waals surface area contributed by atoms with E-state index >= 15 is 0 Å². The number of anilines is 1. The van der Waals surface area contributed by atoms with Crippen LogP contribution in [-0.4, -0.2) is 39.8 Å². The average molecular weight is 406 g/mol. The molecule has 7 nitrogen and oxygen atoms in total. The van der Waals surface area contributed by atoms with Crippen molar-refractivity contribution < 1.29 is 23.9 Å². The fourth-order valence-corrected chi connectivity index (χ4v) is 3.37. The summed E-state index contributed by atoms with van der Waals surface area (Å²) < 4.78 is 13.4. The molecule has 1 aromatic heterocycles. The first kappa shape index (κ1) is 19.9. The molecule has 1 aliphatic heterocycles. The maximum atomic E-state index is 13.4. The van der Waals surface area contributed by atoms with Gasteiger partial charge in [0, 0.05) is 24.4 Å². The highest BCUT2D eigenvalue weighted by molar-refractivity contribution is 6.30. The van der Waals surface area contributed by atoms with Gasteiger partial charge in [-0.25, -0.2) is 9.37 Å². The lowest BCUT2D eigenvalue weighted by atomic mass is 9.92. The lowest BCUT2D eigenvalue weighted by molar-refractivity contribution is -0.147. The van der Waals surface area contributed by atoms with Crippen molar-refractivity contribution in [3.8, 4) is 0 Å². The van der Waals surface area contributed by atoms with E-state index in [1.807, 2.05) is 0 Å². The number of amides is 2. The van der Waals surface area contributed by atoms with E-state index in [9.17, 15) is 23.9 Å². The number of ketones is 1. The van der Waals surface area contributed by atoms with Crippen molar-refractivity contribution >= 4 is 34.9 Å². The molecular formula is C19H17ClFN3O4. The van der Waals surface area contributed by atoms with Crippen LogP contribution >= 0.6 is 11.6 Å². The monoisotopic (exact) mass is 405 g/mol. The first-order chi connectivity index (χ1) is 13.2. The van der Waals surface area contributed by atoms with E-state index < -0.39 is 29.0 Å². The normalized spacial score (nSPS) is 19.1. The highest BCUT2D eigenvalue weighted by atomic mass is 35.5. The quantitative estimate of drug-likeness (QED) is 0.709. The SMILES string of the molecule is NC(=O)c1ccc(N2CC[C@](O)(C(=O)CCc3cc(F)cc(Cl)c3)C2=O)cn1. The van der Waals surface area contributed by atoms with Gasteiger partial charge in [-0.05, 0) is 42.3 Å². The number of halogens is 2. The summed E-state index contributed by atoms with van der Waals surface area (Å²) in [6, 6.07) is 6.75. The summed E-state index contributed by atoms with van der Waals surface area (Å²) in [6.07, 6.45) is 1.20. The number of benzene rings is 1. The Kier molecular flexibility index (Phi) is 5.44. The van der Waals surface area contributed by atoms with Crippen LogP contribution in [0.25, 0.3) is 0 Å². The number of aliphatic hydroxyl groups is 1. The zero-order valence-corrected chi connectivity index (χ0v) is 15.4. The average Bonchev–Trinajstić information content (AvgIpc) is 2.95. The fourth-order valence-electron chi connectivity index (χ4n) is 3.12. The molecule has 146 valence electrons. The van der Waals surface area contributed by atoms with E-state index in [2.05, 4.69) is 4.98 Å². The van der Waals surface area contributed by atoms with Gasteiger partial charge in [-0.15, -0.1) is 0 Å². The molecule has 2 heterocycles. The van der Waals surface area contributed by atoms with Gasteiger partial charge >= 0.3 is 0 Å². The highest BCUT2D eigenvalue weighted by Gasteiger charge is 2.50. The lowest BCUT2D eigenvalue weighted by Crippen LogP contribution is -2.47. The Morgan fingerprint density at radius 1 is 1.32 bits per heavy atom. The molecular weight excluding hydrogens is 389 g/mol. The molecule has 0 aliphatic carbocycles. The second-order valence-electron chi connectivity index (χ2n) is 6.53. The van der Waals surface area contributed by atoms with Gasteiger partial charge in [-0.2, -0.15) is 0 Å². The Balaban J connectivity index is 1.70. The maximum Gasteiger partial charge on any atom is 0.267 e. The topological polar surface area (TPSA) is 114 Å². The molecule has 2 amide bonds. The second-order valence-corrected chi connectivity index (χ2v) is 6.97. The Hall–Kier alpha value is -2.84. The van der Waals surface area contributed by atoms with Gasteiger partial charge in [0.25, 0.3) is 11.8 Å². The van der Waals surface area contributed by atoms with Crippen LogP contribution in [0.3, 0.4) is 0 Å². The van der Waals surface area contributed by atoms with E-state index in [1.54, 1.807) is 0 Å². The van der Waals surface area contributed by atoms with Crippen LogP contribution < -0.4 is 10.6 Å². The Morgan fingerprint density at radius 2 is 2.07 bits per heavy atom. The summed E-state index contributed by atoms with van der Waals surface area (Å²) >= 11 is 5.79. The molecule has 28 heavy (non-hydrogen) atoms. The van der Waals surface area contributed by atoms with Gasteiger partial charge in [0.05, 0.1) is 11.9 Å². The van der Waals surface area contributed by atoms with Gasteiger partial charge in [-0.1, -0.05) is 11.6 Å². The van der Waals surface area contributed by atoms with E-state index in [4.69, 9.17) is 17.3 Å². The second kappa shape index (κ2) is 7.65. The van der Waals surface area contributed by atoms with Crippen molar-refractivity contribution in [1.82, 2.24) is 4.98 Å². The number of primary amides is 1. The Bertz CT molecular complexity index is 930. The zero-order valence-electron chi connectivity index (χ0n) is 14.7. The standard InChI is InChI=1S/C19H17ClFN3O4/c20-12-7-11(8-13(21)9-12)1-4-16(25)19(28)5-6-24(18(19)27)14-2-3-15(17(22)26)23-10-14/h2-3,7-10,28H,1,4-6H2,(H2,22,26)/t19-/m0/s1. The van der Waals surface area contributed by atoms with Crippen LogP contribution in [0.1, 0.15) is 28.9 Å². The van der Waals surface area contributed by atoms with Crippen LogP contribution in [0, 0.1) is 5.82 Å². The van der Waals surface area contributed by atoms with Crippen molar-refractivity contribution in [2.45, 2.75) is 24.9 Å². The first-order valence-corrected chi connectivity index (χ1v) is 8.87. The zero-order chi connectivity index (χ0) is 20.5. The molecule has 0 spiro atoms. The third-order valence-electron chi connectivity index (χ3n) is 4.63. The Morgan fingerprint density at radius 3 is 2.68 bits per heavy atom. The Labute approximate surface area is 164 Å². The molecule has 0 unspecified atom stereocenters. The van der Waals surface area contributed by atoms with E-state index in [0.29, 0.717) is 11.3 Å². The number of hydrogen-bond acceptors (Lipinski definition) is 5. The van der Waals surface area contributed by atoms with Crippen LogP contribution in [0.15, 0.2) is 36.5 Å². The maximum absolute atomic E-state index is 13.4. The number of carbonyl (C=O) groups excluding carboxylic acids is 3. The minimum Gasteiger partial charge on any atom is -0.373 e. The van der Waals surface area contributed by atoms with Gasteiger partial charge < -0.3 is 15.7 Å². The predicted octanol–water partition coefficient (Wildman–Crippen LogP) is 1.64. The van der Waals surface area contributed by atoms with Crippen molar-refractivity contribution in [3.63, 3.8) is 0 Å². The van der Waals surface area contributed by atoms with Crippen LogP contribution in [0.2, 0.25) is 5.02 Å². The molecule has 1 aromatic carbocycles. The van der Waals surface area contributed by atoms with E-state index in [-0.39, 0.29) is 36.5 Å². The molecule has 1 atom stereocenters. The highest BCUT2D eigenvalue weighted by Crippen LogP contribution is 2.30. The molecule has 3 rings (SSSR count). The minimum absolute atomic E-state index is 0.0375. The van der Waals surface area contributed by atoms with Gasteiger partial charge in [-0.3, -0.25) is 14.4 Å². The number of pyridine rings is 1. The summed E-state index contributed by atoms with van der Waals surface area (Å²) in [5.74, 6) is -2.64. The summed E-state index contributed by atoms with van der Waals surface area (Å²) in [5, 5.41) is 10.9. The van der Waals surface area contributed by atoms with E-state index in [1.165, 1.54) is 35.4 Å². The van der Waals surface area contributed by atoms with Crippen molar-refractivity contribution in [3.05, 3.63) is 58.6 Å². The van der Waals surface area contributed by atoms with Crippen molar-refractivity contribution in [1.29, 1.82) is 0 Å². The molecule has 0 bridgehead atoms. The lowest BCUT2D eigenvalue weighted by Gasteiger charge is -2.21. The van der Waals surface area contributed by atoms with Crippen LogP contribution in [0.4, 0.5) is 10.1 Å². The number of hydrogen-bond donors (Lipinski definition) is 2. The summed E-state index contributed by atoms with van der Waals surface area (Å²) in [6.45, 7) is 0.116. The first-order valence-electron chi connectivity index (χ1n) is 8.49. The fraction of sp³-hybridized carbons (Fsp3) is 0.263. The molecule has 1 saturated heterocycles. The number of aromatic nitrogens is 1. The minimum atomic E-state index is -2.15. The van der Waals surface area contributed by atoms with Gasteiger partial charge in [0.1, 0.15) is 11.5 Å². The third kappa shape index (κ3) is 3.88. The van der Waals surface area contributed by atoms with Crippen LogP contribution in [0.5, 0.6) is 0 Å².